The van der Waals surface area contributed by atoms with Crippen molar-refractivity contribution in [3.05, 3.63) is 36.2 Å². The second-order valence-corrected chi connectivity index (χ2v) is 10.9. The van der Waals surface area contributed by atoms with Crippen molar-refractivity contribution < 1.29 is 13.2 Å². The minimum absolute atomic E-state index is 0.0334. The highest BCUT2D eigenvalue weighted by atomic mass is 32.2. The number of rotatable bonds is 7. The fourth-order valence-electron chi connectivity index (χ4n) is 4.77. The summed E-state index contributed by atoms with van der Waals surface area (Å²) in [6.07, 6.45) is 5.18. The van der Waals surface area contributed by atoms with Gasteiger partial charge in [0, 0.05) is 19.5 Å². The lowest BCUT2D eigenvalue weighted by Gasteiger charge is -2.35. The number of amides is 1. The van der Waals surface area contributed by atoms with Crippen LogP contribution in [0.2, 0.25) is 0 Å². The first kappa shape index (κ1) is 21.9. The monoisotopic (exact) mass is 446 g/mol. The standard InChI is InChI=1S/C21H30N6O3S/c1-25(2)21(20-22-23-24-27(20)17-8-6-7-9-17)13-14-26(16-21)19(28)12-15-31(29,30)18-10-4-3-5-11-18/h3-5,10-11,17H,6-9,12-16H2,1-2H3. The Balaban J connectivity index is 1.48. The van der Waals surface area contributed by atoms with Crippen LogP contribution in [0.15, 0.2) is 35.2 Å². The molecule has 1 saturated heterocycles. The minimum atomic E-state index is -3.49. The molecule has 0 spiro atoms. The zero-order valence-electron chi connectivity index (χ0n) is 18.1. The molecular weight excluding hydrogens is 416 g/mol. The molecule has 2 heterocycles. The van der Waals surface area contributed by atoms with E-state index in [1.165, 1.54) is 12.8 Å². The van der Waals surface area contributed by atoms with Gasteiger partial charge in [-0.1, -0.05) is 31.0 Å². The molecule has 1 aromatic heterocycles. The first-order valence-corrected chi connectivity index (χ1v) is 12.5. The molecule has 0 N–H and O–H groups in total. The molecule has 2 aromatic rings. The van der Waals surface area contributed by atoms with Crippen LogP contribution in [0.3, 0.4) is 0 Å². The number of hydrogen-bond acceptors (Lipinski definition) is 7. The van der Waals surface area contributed by atoms with E-state index >= 15 is 0 Å². The molecule has 2 aliphatic rings. The highest BCUT2D eigenvalue weighted by molar-refractivity contribution is 7.91. The predicted octanol–water partition coefficient (Wildman–Crippen LogP) is 1.64. The van der Waals surface area contributed by atoms with E-state index in [1.807, 2.05) is 18.8 Å². The van der Waals surface area contributed by atoms with E-state index in [0.29, 0.717) is 25.6 Å². The zero-order valence-corrected chi connectivity index (χ0v) is 19.0. The maximum Gasteiger partial charge on any atom is 0.223 e. The quantitative estimate of drug-likeness (QED) is 0.637. The van der Waals surface area contributed by atoms with Crippen molar-refractivity contribution in [2.24, 2.45) is 0 Å². The maximum atomic E-state index is 12.9. The summed E-state index contributed by atoms with van der Waals surface area (Å²) in [6, 6.07) is 8.59. The number of benzene rings is 1. The summed E-state index contributed by atoms with van der Waals surface area (Å²) in [5, 5.41) is 12.6. The number of carbonyl (C=O) groups excluding carboxylic acids is 1. The molecule has 9 nitrogen and oxygen atoms in total. The SMILES string of the molecule is CN(C)C1(c2nnnn2C2CCCC2)CCN(C(=O)CCS(=O)(=O)c2ccccc2)C1. The van der Waals surface area contributed by atoms with E-state index in [9.17, 15) is 13.2 Å². The van der Waals surface area contributed by atoms with Gasteiger partial charge in [0.2, 0.25) is 5.91 Å². The van der Waals surface area contributed by atoms with Gasteiger partial charge in [0.25, 0.3) is 0 Å². The zero-order chi connectivity index (χ0) is 22.1. The molecule has 1 saturated carbocycles. The molecule has 2 fully saturated rings. The Morgan fingerprint density at radius 1 is 1.19 bits per heavy atom. The van der Waals surface area contributed by atoms with Crippen molar-refractivity contribution in [2.45, 2.75) is 55.0 Å². The lowest BCUT2D eigenvalue weighted by molar-refractivity contribution is -0.130. The van der Waals surface area contributed by atoms with Crippen LogP contribution in [0.1, 0.15) is 50.4 Å². The highest BCUT2D eigenvalue weighted by Gasteiger charge is 2.48. The van der Waals surface area contributed by atoms with Crippen molar-refractivity contribution in [1.82, 2.24) is 30.0 Å². The molecule has 0 bridgehead atoms. The van der Waals surface area contributed by atoms with Crippen LogP contribution in [-0.4, -0.2) is 77.3 Å². The van der Waals surface area contributed by atoms with Crippen molar-refractivity contribution in [3.63, 3.8) is 0 Å². The Morgan fingerprint density at radius 2 is 1.90 bits per heavy atom. The highest BCUT2D eigenvalue weighted by Crippen LogP contribution is 2.38. The number of carbonyl (C=O) groups is 1. The van der Waals surface area contributed by atoms with Gasteiger partial charge in [-0.15, -0.1) is 5.10 Å². The van der Waals surface area contributed by atoms with Crippen LogP contribution in [0.5, 0.6) is 0 Å². The Morgan fingerprint density at radius 3 is 2.58 bits per heavy atom. The lowest BCUT2D eigenvalue weighted by atomic mass is 9.95. The van der Waals surface area contributed by atoms with Crippen molar-refractivity contribution >= 4 is 15.7 Å². The molecular formula is C21H30N6O3S. The summed E-state index contributed by atoms with van der Waals surface area (Å²) in [4.78, 5) is 17.0. The van der Waals surface area contributed by atoms with E-state index in [4.69, 9.17) is 0 Å². The first-order chi connectivity index (χ1) is 14.8. The smallest absolute Gasteiger partial charge is 0.223 e. The molecule has 1 aliphatic heterocycles. The summed E-state index contributed by atoms with van der Waals surface area (Å²) in [7, 11) is 0.490. The number of sulfone groups is 1. The van der Waals surface area contributed by atoms with Gasteiger partial charge in [0.1, 0.15) is 5.54 Å². The van der Waals surface area contributed by atoms with Gasteiger partial charge < -0.3 is 4.90 Å². The summed E-state index contributed by atoms with van der Waals surface area (Å²) >= 11 is 0. The third-order valence-electron chi connectivity index (χ3n) is 6.72. The van der Waals surface area contributed by atoms with Gasteiger partial charge in [-0.3, -0.25) is 9.69 Å². The van der Waals surface area contributed by atoms with Gasteiger partial charge in [-0.25, -0.2) is 13.1 Å². The van der Waals surface area contributed by atoms with Crippen LogP contribution in [0, 0.1) is 0 Å². The van der Waals surface area contributed by atoms with Crippen LogP contribution < -0.4 is 0 Å². The summed E-state index contributed by atoms with van der Waals surface area (Å²) in [5.41, 5.74) is -0.472. The first-order valence-electron chi connectivity index (χ1n) is 10.8. The van der Waals surface area contributed by atoms with Crippen molar-refractivity contribution in [3.8, 4) is 0 Å². The molecule has 1 aliphatic carbocycles. The normalized spacial score (nSPS) is 22.5. The number of hydrogen-bond donors (Lipinski definition) is 0. The molecule has 1 atom stereocenters. The Bertz CT molecular complexity index is 1020. The van der Waals surface area contributed by atoms with E-state index in [1.54, 1.807) is 35.2 Å². The largest absolute Gasteiger partial charge is 0.340 e. The molecule has 31 heavy (non-hydrogen) atoms. The van der Waals surface area contributed by atoms with Crippen molar-refractivity contribution in [1.29, 1.82) is 0 Å². The Kier molecular flexibility index (Phi) is 6.11. The van der Waals surface area contributed by atoms with Gasteiger partial charge >= 0.3 is 0 Å². The Hall–Kier alpha value is -2.33. The van der Waals surface area contributed by atoms with E-state index in [2.05, 4.69) is 20.4 Å². The second kappa shape index (κ2) is 8.66. The number of likely N-dealkylation sites (tertiary alicyclic amines) is 1. The van der Waals surface area contributed by atoms with Crippen LogP contribution in [0.25, 0.3) is 0 Å². The van der Waals surface area contributed by atoms with Gasteiger partial charge in [-0.05, 0) is 55.9 Å². The number of tetrazole rings is 1. The topological polar surface area (TPSA) is 101 Å². The number of nitrogens with zero attached hydrogens (tertiary/aromatic N) is 6. The summed E-state index contributed by atoms with van der Waals surface area (Å²) in [6.45, 7) is 1.01. The maximum absolute atomic E-state index is 12.9. The van der Waals surface area contributed by atoms with E-state index in [-0.39, 0.29) is 23.0 Å². The fraction of sp³-hybridized carbons (Fsp3) is 0.619. The third-order valence-corrected chi connectivity index (χ3v) is 8.46. The molecule has 4 rings (SSSR count). The minimum Gasteiger partial charge on any atom is -0.340 e. The Labute approximate surface area is 183 Å². The van der Waals surface area contributed by atoms with Crippen LogP contribution in [-0.2, 0) is 20.2 Å². The molecule has 1 aromatic carbocycles. The average Bonchev–Trinajstić information content (AvgIpc) is 3.52. The van der Waals surface area contributed by atoms with E-state index < -0.39 is 15.4 Å². The third kappa shape index (κ3) is 4.23. The van der Waals surface area contributed by atoms with Gasteiger partial charge in [0.05, 0.1) is 16.7 Å². The van der Waals surface area contributed by atoms with Crippen LogP contribution in [0.4, 0.5) is 0 Å². The number of aromatic nitrogens is 4. The van der Waals surface area contributed by atoms with E-state index in [0.717, 1.165) is 18.7 Å². The molecule has 1 amide bonds. The average molecular weight is 447 g/mol. The number of likely N-dealkylation sites (N-methyl/N-ethyl adjacent to an activating group) is 1. The summed E-state index contributed by atoms with van der Waals surface area (Å²) in [5.74, 6) is 0.459. The lowest BCUT2D eigenvalue weighted by Crippen LogP contribution is -2.47. The van der Waals surface area contributed by atoms with Gasteiger partial charge in [0.15, 0.2) is 15.7 Å². The molecule has 1 unspecified atom stereocenters. The van der Waals surface area contributed by atoms with Gasteiger partial charge in [-0.2, -0.15) is 0 Å². The predicted molar refractivity (Wildman–Crippen MR) is 115 cm³/mol. The fourth-order valence-corrected chi connectivity index (χ4v) is 6.03. The molecule has 168 valence electrons. The molecule has 10 heteroatoms. The van der Waals surface area contributed by atoms with Crippen LogP contribution >= 0.6 is 0 Å². The van der Waals surface area contributed by atoms with Crippen molar-refractivity contribution in [2.75, 3.05) is 32.9 Å². The summed E-state index contributed by atoms with van der Waals surface area (Å²) < 4.78 is 27.1. The second-order valence-electron chi connectivity index (χ2n) is 8.76. The molecule has 0 radical (unpaired) electrons.